The van der Waals surface area contributed by atoms with Crippen molar-refractivity contribution in [3.8, 4) is 0 Å². The van der Waals surface area contributed by atoms with Gasteiger partial charge in [-0.25, -0.2) is 0 Å². The lowest BCUT2D eigenvalue weighted by Gasteiger charge is -2.34. The molecule has 0 aromatic carbocycles. The van der Waals surface area contributed by atoms with E-state index in [-0.39, 0.29) is 5.41 Å². The molecule has 0 saturated carbocycles. The number of nitrogens with zero attached hydrogens (tertiary/aromatic N) is 1. The fourth-order valence-corrected chi connectivity index (χ4v) is 2.18. The Morgan fingerprint density at radius 3 is 2.64 bits per heavy atom. The highest BCUT2D eigenvalue weighted by Crippen LogP contribution is 2.22. The first kappa shape index (κ1) is 12.0. The normalized spacial score (nSPS) is 26.1. The molecule has 1 aliphatic heterocycles. The summed E-state index contributed by atoms with van der Waals surface area (Å²) < 4.78 is 0. The van der Waals surface area contributed by atoms with Gasteiger partial charge in [0.1, 0.15) is 0 Å². The van der Waals surface area contributed by atoms with Gasteiger partial charge < -0.3 is 10.6 Å². The first-order valence-corrected chi connectivity index (χ1v) is 5.99. The van der Waals surface area contributed by atoms with E-state index in [4.69, 9.17) is 5.73 Å². The van der Waals surface area contributed by atoms with Gasteiger partial charge in [-0.15, -0.1) is 0 Å². The van der Waals surface area contributed by atoms with Gasteiger partial charge in [-0.1, -0.05) is 26.7 Å². The third kappa shape index (κ3) is 3.58. The second kappa shape index (κ2) is 5.13. The molecule has 1 aliphatic rings. The minimum atomic E-state index is 0.276. The molecule has 1 fully saturated rings. The van der Waals surface area contributed by atoms with Crippen LogP contribution in [0.2, 0.25) is 0 Å². The molecule has 1 heterocycles. The monoisotopic (exact) mass is 198 g/mol. The molecular formula is C12H26N2. The molecule has 0 spiro atoms. The van der Waals surface area contributed by atoms with Gasteiger partial charge in [0.05, 0.1) is 0 Å². The zero-order valence-electron chi connectivity index (χ0n) is 10.1. The van der Waals surface area contributed by atoms with Crippen LogP contribution in [0.15, 0.2) is 0 Å². The summed E-state index contributed by atoms with van der Waals surface area (Å²) in [4.78, 5) is 2.62. The fourth-order valence-electron chi connectivity index (χ4n) is 2.18. The summed E-state index contributed by atoms with van der Waals surface area (Å²) in [6, 6.07) is 0.753. The molecule has 0 aromatic heterocycles. The zero-order chi connectivity index (χ0) is 10.6. The summed E-state index contributed by atoms with van der Waals surface area (Å²) >= 11 is 0. The van der Waals surface area contributed by atoms with Gasteiger partial charge in [-0.05, 0) is 38.3 Å². The molecule has 1 saturated heterocycles. The Bertz CT molecular complexity index is 166. The van der Waals surface area contributed by atoms with Crippen LogP contribution in [0, 0.1) is 5.41 Å². The maximum Gasteiger partial charge on any atom is 0.00671 e. The summed E-state index contributed by atoms with van der Waals surface area (Å²) in [5, 5.41) is 0. The predicted molar refractivity (Wildman–Crippen MR) is 62.3 cm³/mol. The third-order valence-corrected chi connectivity index (χ3v) is 3.37. The number of likely N-dealkylation sites (tertiary alicyclic amines) is 1. The molecule has 2 nitrogen and oxygen atoms in total. The molecule has 0 aromatic rings. The van der Waals surface area contributed by atoms with E-state index in [2.05, 4.69) is 25.7 Å². The smallest absolute Gasteiger partial charge is 0.00671 e. The van der Waals surface area contributed by atoms with Crippen molar-refractivity contribution in [2.75, 3.05) is 19.6 Å². The van der Waals surface area contributed by atoms with Crippen molar-refractivity contribution in [1.82, 2.24) is 4.90 Å². The van der Waals surface area contributed by atoms with Gasteiger partial charge in [0.2, 0.25) is 0 Å². The maximum absolute atomic E-state index is 5.78. The van der Waals surface area contributed by atoms with E-state index in [1.807, 2.05) is 0 Å². The molecule has 84 valence electrons. The molecule has 0 amide bonds. The van der Waals surface area contributed by atoms with E-state index in [1.165, 1.54) is 32.2 Å². The number of rotatable bonds is 3. The van der Waals surface area contributed by atoms with Crippen molar-refractivity contribution < 1.29 is 0 Å². The summed E-state index contributed by atoms with van der Waals surface area (Å²) in [5.74, 6) is 0. The van der Waals surface area contributed by atoms with Gasteiger partial charge in [0, 0.05) is 12.6 Å². The van der Waals surface area contributed by atoms with Crippen LogP contribution in [-0.4, -0.2) is 30.6 Å². The van der Waals surface area contributed by atoms with Crippen LogP contribution in [0.25, 0.3) is 0 Å². The highest BCUT2D eigenvalue weighted by Gasteiger charge is 2.24. The summed E-state index contributed by atoms with van der Waals surface area (Å²) in [6.45, 7) is 10.1. The largest absolute Gasteiger partial charge is 0.330 e. The topological polar surface area (TPSA) is 29.3 Å². The van der Waals surface area contributed by atoms with Crippen LogP contribution in [0.4, 0.5) is 0 Å². The van der Waals surface area contributed by atoms with Crippen LogP contribution in [0.5, 0.6) is 0 Å². The van der Waals surface area contributed by atoms with Gasteiger partial charge in [-0.2, -0.15) is 0 Å². The second-order valence-corrected chi connectivity index (χ2v) is 5.54. The van der Waals surface area contributed by atoms with Gasteiger partial charge >= 0.3 is 0 Å². The Morgan fingerprint density at radius 1 is 1.29 bits per heavy atom. The van der Waals surface area contributed by atoms with Crippen LogP contribution >= 0.6 is 0 Å². The quantitative estimate of drug-likeness (QED) is 0.753. The van der Waals surface area contributed by atoms with Crippen molar-refractivity contribution in [2.24, 2.45) is 11.1 Å². The SMILES string of the molecule is CC1CCCCCN1CC(C)(C)CN. The molecule has 1 unspecified atom stereocenters. The van der Waals surface area contributed by atoms with Crippen molar-refractivity contribution in [1.29, 1.82) is 0 Å². The Labute approximate surface area is 88.8 Å². The van der Waals surface area contributed by atoms with E-state index in [9.17, 15) is 0 Å². The number of hydrogen-bond donors (Lipinski definition) is 1. The van der Waals surface area contributed by atoms with Crippen LogP contribution in [0.1, 0.15) is 46.5 Å². The summed E-state index contributed by atoms with van der Waals surface area (Å²) in [5.41, 5.74) is 6.06. The Morgan fingerprint density at radius 2 is 2.00 bits per heavy atom. The second-order valence-electron chi connectivity index (χ2n) is 5.54. The zero-order valence-corrected chi connectivity index (χ0v) is 10.1. The Kier molecular flexibility index (Phi) is 4.39. The molecule has 0 bridgehead atoms. The maximum atomic E-state index is 5.78. The van der Waals surface area contributed by atoms with Gasteiger partial charge in [0.25, 0.3) is 0 Å². The highest BCUT2D eigenvalue weighted by atomic mass is 15.2. The van der Waals surface area contributed by atoms with Crippen LogP contribution in [0.3, 0.4) is 0 Å². The molecule has 1 atom stereocenters. The lowest BCUT2D eigenvalue weighted by molar-refractivity contribution is 0.143. The van der Waals surface area contributed by atoms with Crippen molar-refractivity contribution in [2.45, 2.75) is 52.5 Å². The van der Waals surface area contributed by atoms with E-state index in [1.54, 1.807) is 0 Å². The predicted octanol–water partition coefficient (Wildman–Crippen LogP) is 2.24. The molecule has 14 heavy (non-hydrogen) atoms. The first-order chi connectivity index (χ1) is 6.55. The lowest BCUT2D eigenvalue weighted by Crippen LogP contribution is -2.42. The molecule has 0 aliphatic carbocycles. The molecule has 1 rings (SSSR count). The summed E-state index contributed by atoms with van der Waals surface area (Å²) in [7, 11) is 0. The van der Waals surface area contributed by atoms with E-state index < -0.39 is 0 Å². The summed E-state index contributed by atoms with van der Waals surface area (Å²) in [6.07, 6.45) is 5.54. The van der Waals surface area contributed by atoms with Crippen LogP contribution < -0.4 is 5.73 Å². The standard InChI is InChI=1S/C12H26N2/c1-11-7-5-4-6-8-14(11)10-12(2,3)9-13/h11H,4-10,13H2,1-3H3. The van der Waals surface area contributed by atoms with Crippen molar-refractivity contribution in [3.05, 3.63) is 0 Å². The van der Waals surface area contributed by atoms with Crippen molar-refractivity contribution in [3.63, 3.8) is 0 Å². The van der Waals surface area contributed by atoms with Crippen molar-refractivity contribution >= 4 is 0 Å². The average Bonchev–Trinajstić information content (AvgIpc) is 2.32. The molecule has 2 N–H and O–H groups in total. The first-order valence-electron chi connectivity index (χ1n) is 5.99. The Hall–Kier alpha value is -0.0800. The lowest BCUT2D eigenvalue weighted by atomic mass is 9.92. The average molecular weight is 198 g/mol. The highest BCUT2D eigenvalue weighted by molar-refractivity contribution is 4.79. The third-order valence-electron chi connectivity index (χ3n) is 3.37. The fraction of sp³-hybridized carbons (Fsp3) is 1.00. The van der Waals surface area contributed by atoms with E-state index in [0.29, 0.717) is 0 Å². The van der Waals surface area contributed by atoms with E-state index >= 15 is 0 Å². The Balaban J connectivity index is 2.48. The molecular weight excluding hydrogens is 172 g/mol. The minimum absolute atomic E-state index is 0.276. The van der Waals surface area contributed by atoms with Gasteiger partial charge in [-0.3, -0.25) is 0 Å². The number of nitrogens with two attached hydrogens (primary N) is 1. The van der Waals surface area contributed by atoms with E-state index in [0.717, 1.165) is 19.1 Å². The van der Waals surface area contributed by atoms with Crippen LogP contribution in [-0.2, 0) is 0 Å². The molecule has 2 heteroatoms. The minimum Gasteiger partial charge on any atom is -0.330 e. The molecule has 0 radical (unpaired) electrons. The van der Waals surface area contributed by atoms with Gasteiger partial charge in [0.15, 0.2) is 0 Å². The number of hydrogen-bond acceptors (Lipinski definition) is 2.